The minimum absolute atomic E-state index is 0.547. The molecule has 0 radical (unpaired) electrons. The molecule has 1 aromatic rings. The van der Waals surface area contributed by atoms with Gasteiger partial charge in [0.15, 0.2) is 0 Å². The summed E-state index contributed by atoms with van der Waals surface area (Å²) in [5.41, 5.74) is 1.89. The quantitative estimate of drug-likeness (QED) is 0.907. The third-order valence-corrected chi connectivity index (χ3v) is 6.24. The van der Waals surface area contributed by atoms with Gasteiger partial charge in [0, 0.05) is 52.0 Å². The first-order valence-electron chi connectivity index (χ1n) is 9.54. The van der Waals surface area contributed by atoms with Crippen LogP contribution in [0.5, 0.6) is 0 Å². The lowest BCUT2D eigenvalue weighted by Gasteiger charge is -2.34. The normalized spacial score (nSPS) is 25.5. The Bertz CT molecular complexity index is 529. The molecule has 0 aromatic carbocycles. The van der Waals surface area contributed by atoms with Crippen LogP contribution in [-0.2, 0) is 6.54 Å². The predicted octanol–water partition coefficient (Wildman–Crippen LogP) is 1.41. The zero-order valence-electron chi connectivity index (χ0n) is 15.0. The van der Waals surface area contributed by atoms with Crippen LogP contribution in [0.4, 0.5) is 5.82 Å². The molecule has 5 heteroatoms. The van der Waals surface area contributed by atoms with Gasteiger partial charge in [0.1, 0.15) is 5.82 Å². The van der Waals surface area contributed by atoms with Crippen molar-refractivity contribution in [3.8, 4) is 0 Å². The van der Waals surface area contributed by atoms with Crippen LogP contribution in [0, 0.1) is 5.41 Å². The summed E-state index contributed by atoms with van der Waals surface area (Å²) >= 11 is 0. The Balaban J connectivity index is 1.34. The van der Waals surface area contributed by atoms with Gasteiger partial charge in [-0.1, -0.05) is 6.07 Å². The number of hydrogen-bond acceptors (Lipinski definition) is 5. The molecular weight excluding hydrogens is 298 g/mol. The Morgan fingerprint density at radius 3 is 2.54 bits per heavy atom. The first-order valence-corrected chi connectivity index (χ1v) is 9.54. The van der Waals surface area contributed by atoms with Crippen LogP contribution in [0.15, 0.2) is 18.3 Å². The van der Waals surface area contributed by atoms with Crippen LogP contribution in [0.3, 0.4) is 0 Å². The average Bonchev–Trinajstić information content (AvgIpc) is 3.02. The highest BCUT2D eigenvalue weighted by Gasteiger charge is 2.39. The fraction of sp³-hybridized carbons (Fsp3) is 0.737. The molecule has 132 valence electrons. The number of anilines is 1. The number of aromatic nitrogens is 1. The van der Waals surface area contributed by atoms with E-state index in [9.17, 15) is 0 Å². The maximum absolute atomic E-state index is 4.79. The van der Waals surface area contributed by atoms with Gasteiger partial charge in [0.2, 0.25) is 0 Å². The largest absolute Gasteiger partial charge is 0.356 e. The Morgan fingerprint density at radius 2 is 1.83 bits per heavy atom. The SMILES string of the molecule is CN1CCN(Cc2ccc(N3CCC4(CCNCC4)C3)nc2)CC1. The fourth-order valence-corrected chi connectivity index (χ4v) is 4.46. The molecule has 0 amide bonds. The second-order valence-electron chi connectivity index (χ2n) is 8.03. The lowest BCUT2D eigenvalue weighted by Crippen LogP contribution is -2.43. The first-order chi connectivity index (χ1) is 11.7. The first kappa shape index (κ1) is 16.3. The molecule has 3 fully saturated rings. The van der Waals surface area contributed by atoms with Gasteiger partial charge in [-0.3, -0.25) is 4.90 Å². The smallest absolute Gasteiger partial charge is 0.128 e. The number of nitrogens with one attached hydrogen (secondary N) is 1. The van der Waals surface area contributed by atoms with Gasteiger partial charge in [0.05, 0.1) is 0 Å². The summed E-state index contributed by atoms with van der Waals surface area (Å²) in [6.07, 6.45) is 6.08. The number of hydrogen-bond donors (Lipinski definition) is 1. The minimum atomic E-state index is 0.547. The Hall–Kier alpha value is -1.17. The highest BCUT2D eigenvalue weighted by Crippen LogP contribution is 2.39. The van der Waals surface area contributed by atoms with Crippen molar-refractivity contribution < 1.29 is 0 Å². The second kappa shape index (κ2) is 6.98. The van der Waals surface area contributed by atoms with Gasteiger partial charge in [-0.05, 0) is 56.4 Å². The van der Waals surface area contributed by atoms with Gasteiger partial charge in [-0.25, -0.2) is 4.98 Å². The van der Waals surface area contributed by atoms with Gasteiger partial charge >= 0.3 is 0 Å². The van der Waals surface area contributed by atoms with Crippen molar-refractivity contribution >= 4 is 5.82 Å². The topological polar surface area (TPSA) is 34.6 Å². The second-order valence-corrected chi connectivity index (χ2v) is 8.03. The molecule has 4 rings (SSSR count). The molecule has 0 saturated carbocycles. The number of piperazine rings is 1. The molecule has 5 nitrogen and oxygen atoms in total. The van der Waals surface area contributed by atoms with E-state index in [0.717, 1.165) is 6.54 Å². The van der Waals surface area contributed by atoms with Crippen LogP contribution in [-0.4, -0.2) is 74.2 Å². The summed E-state index contributed by atoms with van der Waals surface area (Å²) in [5, 5.41) is 3.50. The van der Waals surface area contributed by atoms with E-state index in [1.54, 1.807) is 0 Å². The maximum Gasteiger partial charge on any atom is 0.128 e. The highest BCUT2D eigenvalue weighted by molar-refractivity contribution is 5.41. The number of likely N-dealkylation sites (N-methyl/N-ethyl adjacent to an activating group) is 1. The Kier molecular flexibility index (Phi) is 4.74. The molecule has 0 bridgehead atoms. The molecule has 1 spiro atoms. The molecule has 4 heterocycles. The van der Waals surface area contributed by atoms with E-state index in [1.165, 1.54) is 83.0 Å². The number of pyridine rings is 1. The third-order valence-electron chi connectivity index (χ3n) is 6.24. The minimum Gasteiger partial charge on any atom is -0.356 e. The molecule has 1 aromatic heterocycles. The van der Waals surface area contributed by atoms with Gasteiger partial charge < -0.3 is 15.1 Å². The number of rotatable bonds is 3. The molecule has 0 atom stereocenters. The summed E-state index contributed by atoms with van der Waals surface area (Å²) in [7, 11) is 2.21. The summed E-state index contributed by atoms with van der Waals surface area (Å²) < 4.78 is 0. The van der Waals surface area contributed by atoms with Crippen LogP contribution in [0.1, 0.15) is 24.8 Å². The third kappa shape index (κ3) is 3.58. The maximum atomic E-state index is 4.79. The zero-order valence-corrected chi connectivity index (χ0v) is 15.0. The molecular formula is C19H31N5. The van der Waals surface area contributed by atoms with E-state index >= 15 is 0 Å². The average molecular weight is 329 g/mol. The summed E-state index contributed by atoms with van der Waals surface area (Å²) in [4.78, 5) is 12.2. The molecule has 0 unspecified atom stereocenters. The summed E-state index contributed by atoms with van der Waals surface area (Å²) in [6, 6.07) is 4.53. The number of piperidine rings is 1. The van der Waals surface area contributed by atoms with Gasteiger partial charge in [0.25, 0.3) is 0 Å². The van der Waals surface area contributed by atoms with E-state index in [1.807, 2.05) is 0 Å². The van der Waals surface area contributed by atoms with Crippen molar-refractivity contribution in [1.82, 2.24) is 20.1 Å². The van der Waals surface area contributed by atoms with Crippen molar-refractivity contribution in [3.63, 3.8) is 0 Å². The van der Waals surface area contributed by atoms with E-state index in [4.69, 9.17) is 4.98 Å². The molecule has 0 aliphatic carbocycles. The van der Waals surface area contributed by atoms with Crippen LogP contribution in [0.2, 0.25) is 0 Å². The van der Waals surface area contributed by atoms with Crippen LogP contribution < -0.4 is 10.2 Å². The van der Waals surface area contributed by atoms with Gasteiger partial charge in [-0.2, -0.15) is 0 Å². The van der Waals surface area contributed by atoms with Crippen LogP contribution >= 0.6 is 0 Å². The standard InChI is InChI=1S/C19H31N5/c1-22-10-12-23(13-11-22)15-17-2-3-18(21-14-17)24-9-6-19(16-24)4-7-20-8-5-19/h2-3,14,20H,4-13,15-16H2,1H3. The zero-order chi connectivity index (χ0) is 16.4. The van der Waals surface area contributed by atoms with E-state index in [-0.39, 0.29) is 0 Å². The van der Waals surface area contributed by atoms with E-state index < -0.39 is 0 Å². The summed E-state index contributed by atoms with van der Waals surface area (Å²) in [6.45, 7) is 10.5. The predicted molar refractivity (Wildman–Crippen MR) is 98.4 cm³/mol. The van der Waals surface area contributed by atoms with Crippen molar-refractivity contribution in [2.24, 2.45) is 5.41 Å². The van der Waals surface area contributed by atoms with Crippen molar-refractivity contribution in [2.75, 3.05) is 64.3 Å². The Labute approximate surface area is 146 Å². The monoisotopic (exact) mass is 329 g/mol. The highest BCUT2D eigenvalue weighted by atomic mass is 15.2. The van der Waals surface area contributed by atoms with Crippen LogP contribution in [0.25, 0.3) is 0 Å². The summed E-state index contributed by atoms with van der Waals surface area (Å²) in [5.74, 6) is 1.17. The Morgan fingerprint density at radius 1 is 1.04 bits per heavy atom. The number of nitrogens with zero attached hydrogens (tertiary/aromatic N) is 4. The lowest BCUT2D eigenvalue weighted by molar-refractivity contribution is 0.148. The van der Waals surface area contributed by atoms with E-state index in [2.05, 4.69) is 45.4 Å². The fourth-order valence-electron chi connectivity index (χ4n) is 4.46. The molecule has 24 heavy (non-hydrogen) atoms. The van der Waals surface area contributed by atoms with Crippen molar-refractivity contribution in [1.29, 1.82) is 0 Å². The lowest BCUT2D eigenvalue weighted by atomic mass is 9.78. The van der Waals surface area contributed by atoms with E-state index in [0.29, 0.717) is 5.41 Å². The van der Waals surface area contributed by atoms with Crippen molar-refractivity contribution in [3.05, 3.63) is 23.9 Å². The molecule has 3 aliphatic rings. The molecule has 3 saturated heterocycles. The molecule has 3 aliphatic heterocycles. The van der Waals surface area contributed by atoms with Gasteiger partial charge in [-0.15, -0.1) is 0 Å². The van der Waals surface area contributed by atoms with Crippen molar-refractivity contribution in [2.45, 2.75) is 25.8 Å². The molecule has 1 N–H and O–H groups in total.